The number of benzene rings is 2. The van der Waals surface area contributed by atoms with Crippen LogP contribution in [0.4, 0.5) is 20.2 Å². The Balaban J connectivity index is 1.96. The van der Waals surface area contributed by atoms with Crippen molar-refractivity contribution in [1.82, 2.24) is 0 Å². The van der Waals surface area contributed by atoms with E-state index in [1.807, 2.05) is 0 Å². The molecule has 0 saturated carbocycles. The SMILES string of the molecule is O=C(CNc1cc(Br)ccc1F)Nc1ccccc1F. The van der Waals surface area contributed by atoms with Crippen molar-refractivity contribution < 1.29 is 13.6 Å². The van der Waals surface area contributed by atoms with Crippen molar-refractivity contribution in [3.8, 4) is 0 Å². The highest BCUT2D eigenvalue weighted by Gasteiger charge is 2.08. The maximum absolute atomic E-state index is 13.4. The number of carbonyl (C=O) groups excluding carboxylic acids is 1. The molecule has 0 spiro atoms. The number of carbonyl (C=O) groups is 1. The lowest BCUT2D eigenvalue weighted by Gasteiger charge is -2.09. The molecule has 0 aliphatic rings. The highest BCUT2D eigenvalue weighted by Crippen LogP contribution is 2.19. The van der Waals surface area contributed by atoms with Crippen molar-refractivity contribution in [3.05, 3.63) is 58.6 Å². The number of amides is 1. The van der Waals surface area contributed by atoms with Crippen LogP contribution in [-0.2, 0) is 4.79 Å². The van der Waals surface area contributed by atoms with Gasteiger partial charge in [-0.3, -0.25) is 4.79 Å². The maximum Gasteiger partial charge on any atom is 0.243 e. The topological polar surface area (TPSA) is 41.1 Å². The van der Waals surface area contributed by atoms with Gasteiger partial charge in [0.25, 0.3) is 0 Å². The van der Waals surface area contributed by atoms with Crippen LogP contribution in [0, 0.1) is 11.6 Å². The standard InChI is InChI=1S/C14H11BrF2N2O/c15-9-5-6-11(17)13(7-9)18-8-14(20)19-12-4-2-1-3-10(12)16/h1-7,18H,8H2,(H,19,20). The van der Waals surface area contributed by atoms with Gasteiger partial charge in [0, 0.05) is 4.47 Å². The van der Waals surface area contributed by atoms with Gasteiger partial charge in [-0.1, -0.05) is 28.1 Å². The Hall–Kier alpha value is -1.95. The third-order valence-electron chi connectivity index (χ3n) is 2.52. The fourth-order valence-electron chi connectivity index (χ4n) is 1.57. The highest BCUT2D eigenvalue weighted by molar-refractivity contribution is 9.10. The Morgan fingerprint density at radius 1 is 1.05 bits per heavy atom. The molecule has 104 valence electrons. The van der Waals surface area contributed by atoms with Gasteiger partial charge < -0.3 is 10.6 Å². The summed E-state index contributed by atoms with van der Waals surface area (Å²) < 4.78 is 27.5. The molecular formula is C14H11BrF2N2O. The molecule has 2 N–H and O–H groups in total. The number of anilines is 2. The second kappa shape index (κ2) is 6.47. The van der Waals surface area contributed by atoms with Crippen molar-refractivity contribution in [2.75, 3.05) is 17.2 Å². The van der Waals surface area contributed by atoms with Crippen LogP contribution in [0.1, 0.15) is 0 Å². The molecule has 2 aromatic carbocycles. The largest absolute Gasteiger partial charge is 0.374 e. The predicted octanol–water partition coefficient (Wildman–Crippen LogP) is 3.78. The van der Waals surface area contributed by atoms with E-state index in [9.17, 15) is 13.6 Å². The number of para-hydroxylation sites is 1. The molecule has 6 heteroatoms. The van der Waals surface area contributed by atoms with Crippen LogP contribution in [0.15, 0.2) is 46.9 Å². The Kier molecular flexibility index (Phi) is 4.68. The molecule has 0 fully saturated rings. The quantitative estimate of drug-likeness (QED) is 0.889. The third-order valence-corrected chi connectivity index (χ3v) is 3.01. The number of nitrogens with one attached hydrogen (secondary N) is 2. The first-order chi connectivity index (χ1) is 9.56. The van der Waals surface area contributed by atoms with Crippen LogP contribution in [-0.4, -0.2) is 12.5 Å². The monoisotopic (exact) mass is 340 g/mol. The summed E-state index contributed by atoms with van der Waals surface area (Å²) in [5.41, 5.74) is 0.289. The fourth-order valence-corrected chi connectivity index (χ4v) is 1.93. The molecule has 1 amide bonds. The zero-order valence-electron chi connectivity index (χ0n) is 10.3. The van der Waals surface area contributed by atoms with Crippen molar-refractivity contribution in [2.24, 2.45) is 0 Å². The molecule has 0 aliphatic heterocycles. The Bertz CT molecular complexity index is 634. The normalized spacial score (nSPS) is 10.2. The molecule has 0 bridgehead atoms. The average Bonchev–Trinajstić information content (AvgIpc) is 2.42. The van der Waals surface area contributed by atoms with Crippen LogP contribution in [0.5, 0.6) is 0 Å². The summed E-state index contributed by atoms with van der Waals surface area (Å²) in [4.78, 5) is 11.7. The van der Waals surface area contributed by atoms with Crippen LogP contribution >= 0.6 is 15.9 Å². The average molecular weight is 341 g/mol. The van der Waals surface area contributed by atoms with E-state index < -0.39 is 17.5 Å². The maximum atomic E-state index is 13.4. The molecule has 3 nitrogen and oxygen atoms in total. The number of halogens is 3. The molecule has 0 radical (unpaired) electrons. The minimum atomic E-state index is -0.519. The van der Waals surface area contributed by atoms with Gasteiger partial charge in [0.05, 0.1) is 17.9 Å². The highest BCUT2D eigenvalue weighted by atomic mass is 79.9. The van der Waals surface area contributed by atoms with Gasteiger partial charge in [-0.15, -0.1) is 0 Å². The minimum Gasteiger partial charge on any atom is -0.374 e. The minimum absolute atomic E-state index is 0.0917. The summed E-state index contributed by atoms with van der Waals surface area (Å²) in [5.74, 6) is -1.45. The van der Waals surface area contributed by atoms with Crippen LogP contribution in [0.2, 0.25) is 0 Å². The molecular weight excluding hydrogens is 330 g/mol. The van der Waals surface area contributed by atoms with Gasteiger partial charge in [0.15, 0.2) is 0 Å². The van der Waals surface area contributed by atoms with E-state index in [-0.39, 0.29) is 17.9 Å². The second-order valence-electron chi connectivity index (χ2n) is 4.01. The Morgan fingerprint density at radius 3 is 2.50 bits per heavy atom. The van der Waals surface area contributed by atoms with E-state index in [0.717, 1.165) is 0 Å². The molecule has 2 rings (SSSR count). The smallest absolute Gasteiger partial charge is 0.243 e. The summed E-state index contributed by atoms with van der Waals surface area (Å²) >= 11 is 3.21. The van der Waals surface area contributed by atoms with Gasteiger partial charge in [0.1, 0.15) is 11.6 Å². The van der Waals surface area contributed by atoms with Gasteiger partial charge in [-0.05, 0) is 30.3 Å². The summed E-state index contributed by atoms with van der Waals surface area (Å²) in [7, 11) is 0. The van der Waals surface area contributed by atoms with Crippen LogP contribution < -0.4 is 10.6 Å². The molecule has 20 heavy (non-hydrogen) atoms. The summed E-state index contributed by atoms with van der Waals surface area (Å²) in [6.07, 6.45) is 0. The van der Waals surface area contributed by atoms with E-state index in [2.05, 4.69) is 26.6 Å². The Labute approximate surface area is 123 Å². The number of hydrogen-bond donors (Lipinski definition) is 2. The van der Waals surface area contributed by atoms with Crippen LogP contribution in [0.25, 0.3) is 0 Å². The Morgan fingerprint density at radius 2 is 1.75 bits per heavy atom. The van der Waals surface area contributed by atoms with E-state index in [0.29, 0.717) is 4.47 Å². The number of rotatable bonds is 4. The molecule has 0 atom stereocenters. The molecule has 0 heterocycles. The van der Waals surface area contributed by atoms with E-state index in [1.54, 1.807) is 12.1 Å². The van der Waals surface area contributed by atoms with Gasteiger partial charge in [0.2, 0.25) is 5.91 Å². The lowest BCUT2D eigenvalue weighted by atomic mass is 10.3. The second-order valence-corrected chi connectivity index (χ2v) is 4.92. The fraction of sp³-hybridized carbons (Fsp3) is 0.0714. The predicted molar refractivity (Wildman–Crippen MR) is 77.6 cm³/mol. The zero-order chi connectivity index (χ0) is 14.5. The van der Waals surface area contributed by atoms with E-state index >= 15 is 0 Å². The molecule has 0 aliphatic carbocycles. The molecule has 0 aromatic heterocycles. The first-order valence-corrected chi connectivity index (χ1v) is 6.59. The molecule has 0 unspecified atom stereocenters. The van der Waals surface area contributed by atoms with Gasteiger partial charge in [-0.25, -0.2) is 8.78 Å². The van der Waals surface area contributed by atoms with Crippen molar-refractivity contribution >= 4 is 33.2 Å². The lowest BCUT2D eigenvalue weighted by Crippen LogP contribution is -2.22. The number of hydrogen-bond acceptors (Lipinski definition) is 2. The first-order valence-electron chi connectivity index (χ1n) is 5.79. The summed E-state index contributed by atoms with van der Waals surface area (Å²) in [6, 6.07) is 10.2. The first kappa shape index (κ1) is 14.5. The van der Waals surface area contributed by atoms with Gasteiger partial charge in [-0.2, -0.15) is 0 Å². The van der Waals surface area contributed by atoms with Gasteiger partial charge >= 0.3 is 0 Å². The lowest BCUT2D eigenvalue weighted by molar-refractivity contribution is -0.114. The zero-order valence-corrected chi connectivity index (χ0v) is 11.9. The summed E-state index contributed by atoms with van der Waals surface area (Å²) in [5, 5.41) is 5.06. The molecule has 2 aromatic rings. The van der Waals surface area contributed by atoms with Crippen molar-refractivity contribution in [1.29, 1.82) is 0 Å². The van der Waals surface area contributed by atoms with E-state index in [4.69, 9.17) is 0 Å². The van der Waals surface area contributed by atoms with E-state index in [1.165, 1.54) is 30.3 Å². The summed E-state index contributed by atoms with van der Waals surface area (Å²) in [6.45, 7) is -0.165. The van der Waals surface area contributed by atoms with Crippen molar-refractivity contribution in [2.45, 2.75) is 0 Å². The van der Waals surface area contributed by atoms with Crippen LogP contribution in [0.3, 0.4) is 0 Å². The third kappa shape index (κ3) is 3.77. The molecule has 0 saturated heterocycles. The van der Waals surface area contributed by atoms with Crippen molar-refractivity contribution in [3.63, 3.8) is 0 Å².